The first-order valence-corrected chi connectivity index (χ1v) is 14.7. The van der Waals surface area contributed by atoms with E-state index in [0.29, 0.717) is 16.4 Å². The van der Waals surface area contributed by atoms with Crippen LogP contribution in [0.1, 0.15) is 25.6 Å². The van der Waals surface area contributed by atoms with Crippen LogP contribution in [0.5, 0.6) is 0 Å². The van der Waals surface area contributed by atoms with Crippen molar-refractivity contribution in [2.75, 3.05) is 22.6 Å². The van der Waals surface area contributed by atoms with Gasteiger partial charge in [0, 0.05) is 11.3 Å². The van der Waals surface area contributed by atoms with E-state index < -0.39 is 30.0 Å². The van der Waals surface area contributed by atoms with Crippen molar-refractivity contribution in [2.45, 2.75) is 18.8 Å². The minimum atomic E-state index is -1.02. The topological polar surface area (TPSA) is 143 Å². The molecular weight excluding hydrogens is 590 g/mol. The first-order valence-electron chi connectivity index (χ1n) is 13.0. The van der Waals surface area contributed by atoms with Gasteiger partial charge in [-0.05, 0) is 42.0 Å². The van der Waals surface area contributed by atoms with Gasteiger partial charge in [0.05, 0.1) is 30.1 Å². The second kappa shape index (κ2) is 12.1. The number of nitrogens with one attached hydrogen (secondary N) is 2. The fraction of sp³-hybridized carbons (Fsp3) is 0.133. The van der Waals surface area contributed by atoms with E-state index in [4.69, 9.17) is 4.74 Å². The zero-order valence-electron chi connectivity index (χ0n) is 22.6. The van der Waals surface area contributed by atoms with Gasteiger partial charge in [-0.15, -0.1) is 0 Å². The van der Waals surface area contributed by atoms with Gasteiger partial charge in [-0.3, -0.25) is 25.0 Å². The van der Waals surface area contributed by atoms with Crippen LogP contribution in [0.4, 0.5) is 16.0 Å². The summed E-state index contributed by atoms with van der Waals surface area (Å²) in [4.78, 5) is 61.2. The number of benzene rings is 3. The SMILES string of the molecule is COC(=O)c1cnc(NC(=O)[C@H]2O[C@@H]2C(=O)N(Cc2ccccc2)c2ccc(C(=O)Nc3nc4ccccc4s3)cc2)s1. The van der Waals surface area contributed by atoms with Crippen LogP contribution in [-0.4, -0.2) is 53.0 Å². The number of aromatic nitrogens is 2. The number of anilines is 3. The molecule has 0 unspecified atom stereocenters. The van der Waals surface area contributed by atoms with Crippen LogP contribution in [0.3, 0.4) is 0 Å². The zero-order chi connectivity index (χ0) is 29.9. The summed E-state index contributed by atoms with van der Waals surface area (Å²) in [6.45, 7) is 0.222. The van der Waals surface area contributed by atoms with Gasteiger partial charge >= 0.3 is 5.97 Å². The Hall–Kier alpha value is -4.98. The first-order chi connectivity index (χ1) is 20.9. The molecule has 1 aliphatic rings. The predicted octanol–water partition coefficient (Wildman–Crippen LogP) is 4.73. The molecule has 11 nitrogen and oxygen atoms in total. The Labute approximate surface area is 253 Å². The maximum Gasteiger partial charge on any atom is 0.349 e. The Balaban J connectivity index is 1.15. The van der Waals surface area contributed by atoms with Crippen molar-refractivity contribution in [3.8, 4) is 0 Å². The van der Waals surface area contributed by atoms with Crippen LogP contribution in [0.15, 0.2) is 85.1 Å². The summed E-state index contributed by atoms with van der Waals surface area (Å²) in [5.74, 6) is -1.85. The molecule has 43 heavy (non-hydrogen) atoms. The van der Waals surface area contributed by atoms with Gasteiger partial charge in [-0.25, -0.2) is 14.8 Å². The molecule has 0 aliphatic carbocycles. The van der Waals surface area contributed by atoms with Gasteiger partial charge in [0.25, 0.3) is 17.7 Å². The molecule has 5 aromatic rings. The molecule has 0 spiro atoms. The number of rotatable bonds is 9. The number of carbonyl (C=O) groups excluding carboxylic acids is 4. The van der Waals surface area contributed by atoms with E-state index in [-0.39, 0.29) is 22.5 Å². The van der Waals surface area contributed by atoms with Gasteiger partial charge < -0.3 is 14.4 Å². The number of thiazole rings is 2. The lowest BCUT2D eigenvalue weighted by Crippen LogP contribution is -2.36. The highest BCUT2D eigenvalue weighted by atomic mass is 32.1. The summed E-state index contributed by atoms with van der Waals surface area (Å²) in [6.07, 6.45) is -0.728. The van der Waals surface area contributed by atoms with Gasteiger partial charge in [-0.1, -0.05) is 65.1 Å². The van der Waals surface area contributed by atoms with Crippen molar-refractivity contribution in [2.24, 2.45) is 0 Å². The van der Waals surface area contributed by atoms with E-state index in [9.17, 15) is 19.2 Å². The number of hydrogen-bond acceptors (Lipinski definition) is 10. The number of para-hydroxylation sites is 1. The average Bonchev–Trinajstić information content (AvgIpc) is 3.53. The maximum absolute atomic E-state index is 13.6. The fourth-order valence-corrected chi connectivity index (χ4v) is 5.91. The number of ether oxygens (including phenoxy) is 2. The van der Waals surface area contributed by atoms with Crippen LogP contribution in [-0.2, 0) is 25.6 Å². The van der Waals surface area contributed by atoms with Crippen LogP contribution in [0.2, 0.25) is 0 Å². The fourth-order valence-electron chi connectivity index (χ4n) is 4.31. The molecule has 3 amide bonds. The Morgan fingerprint density at radius 3 is 2.37 bits per heavy atom. The molecule has 1 saturated heterocycles. The highest BCUT2D eigenvalue weighted by Gasteiger charge is 2.52. The molecule has 13 heteroatoms. The van der Waals surface area contributed by atoms with Crippen molar-refractivity contribution in [3.63, 3.8) is 0 Å². The summed E-state index contributed by atoms with van der Waals surface area (Å²) in [7, 11) is 1.25. The molecule has 3 heterocycles. The second-order valence-electron chi connectivity index (χ2n) is 9.39. The largest absolute Gasteiger partial charge is 0.465 e. The molecule has 216 valence electrons. The van der Waals surface area contributed by atoms with E-state index in [2.05, 4.69) is 25.3 Å². The number of fused-ring (bicyclic) bond motifs is 1. The Kier molecular flexibility index (Phi) is 7.92. The van der Waals surface area contributed by atoms with E-state index in [1.165, 1.54) is 29.5 Å². The second-order valence-corrected chi connectivity index (χ2v) is 11.4. The van der Waals surface area contributed by atoms with Crippen molar-refractivity contribution < 1.29 is 28.7 Å². The first kappa shape index (κ1) is 28.2. The average molecular weight is 614 g/mol. The summed E-state index contributed by atoms with van der Waals surface area (Å²) < 4.78 is 11.1. The smallest absolute Gasteiger partial charge is 0.349 e. The molecular formula is C30H23N5O6S2. The maximum atomic E-state index is 13.6. The number of methoxy groups -OCH3 is 1. The normalized spacial score (nSPS) is 15.5. The highest BCUT2D eigenvalue weighted by molar-refractivity contribution is 7.22. The summed E-state index contributed by atoms with van der Waals surface area (Å²) >= 11 is 2.34. The molecule has 2 atom stereocenters. The standard InChI is InChI=1S/C30H23N5O6S2/c1-40-28(39)22-15-31-29(43-22)34-26(37)23-24(41-23)27(38)35(16-17-7-3-2-4-8-17)19-13-11-18(12-14-19)25(36)33-30-32-20-9-5-6-10-21(20)42-30/h2-15,23-24H,16H2,1H3,(H,31,34,37)(H,32,33,36)/t23-,24-/m0/s1. The quantitative estimate of drug-likeness (QED) is 0.179. The molecule has 2 N–H and O–H groups in total. The lowest BCUT2D eigenvalue weighted by atomic mass is 10.1. The monoisotopic (exact) mass is 613 g/mol. The van der Waals surface area contributed by atoms with Crippen molar-refractivity contribution in [3.05, 3.63) is 101 Å². The predicted molar refractivity (Wildman–Crippen MR) is 162 cm³/mol. The van der Waals surface area contributed by atoms with E-state index in [1.54, 1.807) is 24.3 Å². The third kappa shape index (κ3) is 6.28. The van der Waals surface area contributed by atoms with E-state index >= 15 is 0 Å². The summed E-state index contributed by atoms with van der Waals surface area (Å²) in [5, 5.41) is 6.09. The summed E-state index contributed by atoms with van der Waals surface area (Å²) in [6, 6.07) is 23.6. The molecule has 3 aromatic carbocycles. The van der Waals surface area contributed by atoms with Gasteiger partial charge in [0.2, 0.25) is 0 Å². The van der Waals surface area contributed by atoms with Crippen LogP contribution in [0, 0.1) is 0 Å². The number of esters is 1. The molecule has 1 fully saturated rings. The summed E-state index contributed by atoms with van der Waals surface area (Å²) in [5.41, 5.74) is 2.60. The number of hydrogen-bond donors (Lipinski definition) is 2. The lowest BCUT2D eigenvalue weighted by Gasteiger charge is -2.22. The molecule has 0 saturated carbocycles. The molecule has 0 bridgehead atoms. The van der Waals surface area contributed by atoms with Crippen molar-refractivity contribution in [1.29, 1.82) is 0 Å². The molecule has 0 radical (unpaired) electrons. The Morgan fingerprint density at radius 2 is 1.63 bits per heavy atom. The molecule has 2 aromatic heterocycles. The number of carbonyl (C=O) groups is 4. The Bertz CT molecular complexity index is 1790. The van der Waals surface area contributed by atoms with E-state index in [0.717, 1.165) is 27.1 Å². The minimum Gasteiger partial charge on any atom is -0.465 e. The van der Waals surface area contributed by atoms with Crippen molar-refractivity contribution >= 4 is 72.5 Å². The number of amides is 3. The minimum absolute atomic E-state index is 0.188. The van der Waals surface area contributed by atoms with Crippen LogP contribution in [0.25, 0.3) is 10.2 Å². The third-order valence-electron chi connectivity index (χ3n) is 6.52. The highest BCUT2D eigenvalue weighted by Crippen LogP contribution is 2.31. The zero-order valence-corrected chi connectivity index (χ0v) is 24.2. The number of nitrogens with zero attached hydrogens (tertiary/aromatic N) is 3. The Morgan fingerprint density at radius 1 is 0.884 bits per heavy atom. The van der Waals surface area contributed by atoms with Crippen LogP contribution < -0.4 is 15.5 Å². The molecule has 6 rings (SSSR count). The van der Waals surface area contributed by atoms with Gasteiger partial charge in [0.1, 0.15) is 4.88 Å². The van der Waals surface area contributed by atoms with Crippen molar-refractivity contribution in [1.82, 2.24) is 9.97 Å². The van der Waals surface area contributed by atoms with Gasteiger partial charge in [0.15, 0.2) is 22.5 Å². The number of epoxide rings is 1. The van der Waals surface area contributed by atoms with Crippen LogP contribution >= 0.6 is 22.7 Å². The van der Waals surface area contributed by atoms with E-state index in [1.807, 2.05) is 54.6 Å². The third-order valence-corrected chi connectivity index (χ3v) is 8.37. The van der Waals surface area contributed by atoms with Gasteiger partial charge in [-0.2, -0.15) is 0 Å². The lowest BCUT2D eigenvalue weighted by molar-refractivity contribution is -0.120. The molecule has 1 aliphatic heterocycles.